The number of rotatable bonds is 7. The molecule has 9 heteroatoms. The molecule has 146 valence electrons. The maximum Gasteiger partial charge on any atom is 0.339 e. The number of anilines is 1. The van der Waals surface area contributed by atoms with Crippen LogP contribution in [0.5, 0.6) is 0 Å². The molecular weight excluding hydrogens is 396 g/mol. The molecule has 0 fully saturated rings. The van der Waals surface area contributed by atoms with Gasteiger partial charge in [-0.25, -0.2) is 4.79 Å². The number of thiophene rings is 1. The van der Waals surface area contributed by atoms with E-state index in [0.717, 1.165) is 0 Å². The minimum atomic E-state index is -0.802. The molecule has 1 aromatic heterocycles. The summed E-state index contributed by atoms with van der Waals surface area (Å²) in [6.45, 7) is -0.572. The van der Waals surface area contributed by atoms with E-state index in [9.17, 15) is 24.5 Å². The van der Waals surface area contributed by atoms with Gasteiger partial charge in [0.25, 0.3) is 11.6 Å². The van der Waals surface area contributed by atoms with Gasteiger partial charge in [0, 0.05) is 23.4 Å². The summed E-state index contributed by atoms with van der Waals surface area (Å²) in [5, 5.41) is 14.9. The first-order valence-corrected chi connectivity index (χ1v) is 9.22. The van der Waals surface area contributed by atoms with Crippen molar-refractivity contribution in [1.82, 2.24) is 0 Å². The smallest absolute Gasteiger partial charge is 0.339 e. The predicted molar refractivity (Wildman–Crippen MR) is 106 cm³/mol. The minimum absolute atomic E-state index is 0.0639. The van der Waals surface area contributed by atoms with E-state index in [0.29, 0.717) is 10.6 Å². The van der Waals surface area contributed by atoms with Crippen LogP contribution in [-0.4, -0.2) is 29.2 Å². The molecule has 1 N–H and O–H groups in total. The SMILES string of the molecule is O=C(COC(=O)c1ccccc1C(=O)c1cccs1)Nc1ccc([N+](=O)[O-])cc1. The first kappa shape index (κ1) is 19.9. The lowest BCUT2D eigenvalue weighted by Gasteiger charge is -2.09. The lowest BCUT2D eigenvalue weighted by atomic mass is 10.0. The maximum atomic E-state index is 12.6. The third-order valence-electron chi connectivity index (χ3n) is 3.83. The van der Waals surface area contributed by atoms with Crippen molar-refractivity contribution >= 4 is 40.4 Å². The van der Waals surface area contributed by atoms with Crippen LogP contribution in [0.3, 0.4) is 0 Å². The van der Waals surface area contributed by atoms with E-state index in [1.807, 2.05) is 0 Å². The van der Waals surface area contributed by atoms with Crippen molar-refractivity contribution in [3.8, 4) is 0 Å². The highest BCUT2D eigenvalue weighted by atomic mass is 32.1. The summed E-state index contributed by atoms with van der Waals surface area (Å²) in [7, 11) is 0. The first-order valence-electron chi connectivity index (χ1n) is 8.34. The zero-order chi connectivity index (χ0) is 20.8. The van der Waals surface area contributed by atoms with Gasteiger partial charge in [-0.2, -0.15) is 0 Å². The van der Waals surface area contributed by atoms with Crippen LogP contribution in [-0.2, 0) is 9.53 Å². The third-order valence-corrected chi connectivity index (χ3v) is 4.70. The maximum absolute atomic E-state index is 12.6. The van der Waals surface area contributed by atoms with Gasteiger partial charge in [-0.15, -0.1) is 11.3 Å². The summed E-state index contributed by atoms with van der Waals surface area (Å²) in [4.78, 5) is 47.5. The van der Waals surface area contributed by atoms with Crippen molar-refractivity contribution in [3.63, 3.8) is 0 Å². The molecule has 0 atom stereocenters. The third kappa shape index (κ3) is 4.90. The molecule has 0 aliphatic heterocycles. The standard InChI is InChI=1S/C20H14N2O6S/c23-18(21-13-7-9-14(10-8-13)22(26)27)12-28-20(25)16-5-2-1-4-15(16)19(24)17-6-3-11-29-17/h1-11H,12H2,(H,21,23). The first-order chi connectivity index (χ1) is 14.0. The second-order valence-electron chi connectivity index (χ2n) is 5.78. The Labute approximate surface area is 168 Å². The molecule has 0 saturated carbocycles. The van der Waals surface area contributed by atoms with Crippen molar-refractivity contribution < 1.29 is 24.0 Å². The number of non-ortho nitro benzene ring substituents is 1. The number of esters is 1. The van der Waals surface area contributed by atoms with Gasteiger partial charge >= 0.3 is 5.97 Å². The Hall–Kier alpha value is -3.85. The molecule has 0 spiro atoms. The number of hydrogen-bond acceptors (Lipinski definition) is 7. The number of carbonyl (C=O) groups is 3. The quantitative estimate of drug-likeness (QED) is 0.275. The number of ketones is 1. The Kier molecular flexibility index (Phi) is 6.10. The molecule has 0 unspecified atom stereocenters. The Bertz CT molecular complexity index is 1060. The highest BCUT2D eigenvalue weighted by Gasteiger charge is 2.20. The van der Waals surface area contributed by atoms with Crippen molar-refractivity contribution in [2.45, 2.75) is 0 Å². The number of nitro benzene ring substituents is 1. The van der Waals surface area contributed by atoms with Crippen molar-refractivity contribution in [2.24, 2.45) is 0 Å². The van der Waals surface area contributed by atoms with Gasteiger partial charge in [-0.05, 0) is 29.6 Å². The van der Waals surface area contributed by atoms with Crippen molar-refractivity contribution in [3.05, 3.63) is 92.2 Å². The predicted octanol–water partition coefficient (Wildman–Crippen LogP) is 3.68. The Morgan fingerprint density at radius 1 is 0.966 bits per heavy atom. The highest BCUT2D eigenvalue weighted by Crippen LogP contribution is 2.19. The minimum Gasteiger partial charge on any atom is -0.452 e. The van der Waals surface area contributed by atoms with E-state index in [2.05, 4.69) is 5.32 Å². The number of ether oxygens (including phenoxy) is 1. The summed E-state index contributed by atoms with van der Waals surface area (Å²) in [5.74, 6) is -1.72. The summed E-state index contributed by atoms with van der Waals surface area (Å²) in [5.41, 5.74) is 0.469. The van der Waals surface area contributed by atoms with Crippen LogP contribution >= 0.6 is 11.3 Å². The van der Waals surface area contributed by atoms with E-state index in [1.165, 1.54) is 47.7 Å². The van der Waals surface area contributed by atoms with Crippen molar-refractivity contribution in [2.75, 3.05) is 11.9 Å². The fourth-order valence-electron chi connectivity index (χ4n) is 2.47. The van der Waals surface area contributed by atoms with Gasteiger partial charge < -0.3 is 10.1 Å². The molecule has 29 heavy (non-hydrogen) atoms. The van der Waals surface area contributed by atoms with E-state index >= 15 is 0 Å². The number of hydrogen-bond donors (Lipinski definition) is 1. The normalized spacial score (nSPS) is 10.2. The number of benzene rings is 2. The van der Waals surface area contributed by atoms with Gasteiger partial charge in [0.05, 0.1) is 15.4 Å². The molecule has 0 saturated heterocycles. The van der Waals surface area contributed by atoms with E-state index in [1.54, 1.807) is 29.6 Å². The zero-order valence-corrected chi connectivity index (χ0v) is 15.7. The lowest BCUT2D eigenvalue weighted by Crippen LogP contribution is -2.22. The monoisotopic (exact) mass is 410 g/mol. The summed E-state index contributed by atoms with van der Waals surface area (Å²) < 4.78 is 5.02. The molecule has 3 aromatic rings. The average Bonchev–Trinajstić information content (AvgIpc) is 3.27. The van der Waals surface area contributed by atoms with Crippen LogP contribution in [0, 0.1) is 10.1 Å². The van der Waals surface area contributed by atoms with Gasteiger partial charge in [-0.3, -0.25) is 19.7 Å². The number of carbonyl (C=O) groups excluding carboxylic acids is 3. The number of nitro groups is 1. The fourth-order valence-corrected chi connectivity index (χ4v) is 3.15. The molecule has 0 aliphatic carbocycles. The fraction of sp³-hybridized carbons (Fsp3) is 0.0500. The molecular formula is C20H14N2O6S. The Morgan fingerprint density at radius 3 is 2.28 bits per heavy atom. The molecule has 8 nitrogen and oxygen atoms in total. The molecule has 0 aliphatic rings. The number of nitrogens with zero attached hydrogens (tertiary/aromatic N) is 1. The summed E-state index contributed by atoms with van der Waals surface area (Å²) in [6.07, 6.45) is 0. The lowest BCUT2D eigenvalue weighted by molar-refractivity contribution is -0.384. The average molecular weight is 410 g/mol. The summed E-state index contributed by atoms with van der Waals surface area (Å²) in [6, 6.07) is 14.8. The molecule has 1 heterocycles. The summed E-state index contributed by atoms with van der Waals surface area (Å²) >= 11 is 1.26. The van der Waals surface area contributed by atoms with Crippen LogP contribution < -0.4 is 5.32 Å². The topological polar surface area (TPSA) is 116 Å². The Morgan fingerprint density at radius 2 is 1.66 bits per heavy atom. The Balaban J connectivity index is 1.63. The second-order valence-corrected chi connectivity index (χ2v) is 6.73. The van der Waals surface area contributed by atoms with Crippen LogP contribution in [0.1, 0.15) is 25.6 Å². The van der Waals surface area contributed by atoms with Gasteiger partial charge in [-0.1, -0.05) is 24.3 Å². The highest BCUT2D eigenvalue weighted by molar-refractivity contribution is 7.12. The van der Waals surface area contributed by atoms with Crippen LogP contribution in [0.25, 0.3) is 0 Å². The van der Waals surface area contributed by atoms with Crippen LogP contribution in [0.4, 0.5) is 11.4 Å². The number of nitrogens with one attached hydrogen (secondary N) is 1. The van der Waals surface area contributed by atoms with Crippen molar-refractivity contribution in [1.29, 1.82) is 0 Å². The van der Waals surface area contributed by atoms with E-state index < -0.39 is 23.4 Å². The molecule has 3 rings (SSSR count). The largest absolute Gasteiger partial charge is 0.452 e. The van der Waals surface area contributed by atoms with Crippen LogP contribution in [0.15, 0.2) is 66.0 Å². The van der Waals surface area contributed by atoms with Gasteiger partial charge in [0.1, 0.15) is 0 Å². The molecule has 1 amide bonds. The zero-order valence-electron chi connectivity index (χ0n) is 14.9. The molecule has 0 bridgehead atoms. The molecule has 0 radical (unpaired) electrons. The van der Waals surface area contributed by atoms with Crippen LogP contribution in [0.2, 0.25) is 0 Å². The van der Waals surface area contributed by atoms with Gasteiger partial charge in [0.2, 0.25) is 5.78 Å². The van der Waals surface area contributed by atoms with E-state index in [-0.39, 0.29) is 22.6 Å². The van der Waals surface area contributed by atoms with E-state index in [4.69, 9.17) is 4.74 Å². The van der Waals surface area contributed by atoms with Gasteiger partial charge in [0.15, 0.2) is 6.61 Å². The second kappa shape index (κ2) is 8.89. The molecule has 2 aromatic carbocycles. The number of amides is 1.